The molecule has 6 nitrogen and oxygen atoms in total. The van der Waals surface area contributed by atoms with Crippen molar-refractivity contribution in [1.82, 2.24) is 9.97 Å². The van der Waals surface area contributed by atoms with Gasteiger partial charge in [-0.15, -0.1) is 22.7 Å². The van der Waals surface area contributed by atoms with Gasteiger partial charge in [0.1, 0.15) is 0 Å². The van der Waals surface area contributed by atoms with Crippen LogP contribution in [-0.2, 0) is 26.7 Å². The number of carbonyl (C=O) groups excluding carboxylic acids is 2. The van der Waals surface area contributed by atoms with Crippen LogP contribution < -0.4 is 10.6 Å². The van der Waals surface area contributed by atoms with E-state index in [0.29, 0.717) is 21.2 Å². The molecule has 2 aliphatic carbocycles. The second-order valence-electron chi connectivity index (χ2n) is 8.74. The van der Waals surface area contributed by atoms with Crippen molar-refractivity contribution in [2.45, 2.75) is 0 Å². The smallest absolute Gasteiger partial charge is 0.187 e. The Morgan fingerprint density at radius 3 is 1.33 bits per heavy atom. The molecule has 2 aromatic heterocycles. The van der Waals surface area contributed by atoms with Crippen molar-refractivity contribution in [1.29, 1.82) is 0 Å². The minimum atomic E-state index is -0.0144. The molecule has 0 saturated carbocycles. The third-order valence-corrected chi connectivity index (χ3v) is 7.88. The number of aromatic nitrogens is 2. The first kappa shape index (κ1) is 32.1. The maximum atomic E-state index is 11.6. The Morgan fingerprint density at radius 2 is 0.953 bits per heavy atom. The van der Waals surface area contributed by atoms with Gasteiger partial charge in [-0.2, -0.15) is 0 Å². The molecule has 219 valence electrons. The maximum absolute atomic E-state index is 11.6. The predicted octanol–water partition coefficient (Wildman–Crippen LogP) is 8.91. The minimum Gasteiger partial charge on any atom is -0.337 e. The van der Waals surface area contributed by atoms with E-state index in [0.717, 1.165) is 32.8 Å². The number of anilines is 2. The molecule has 0 aliphatic heterocycles. The van der Waals surface area contributed by atoms with Gasteiger partial charge < -0.3 is 10.6 Å². The number of hydrogen-bond acceptors (Lipinski definition) is 8. The van der Waals surface area contributed by atoms with Crippen molar-refractivity contribution in [3.8, 4) is 22.5 Å². The summed E-state index contributed by atoms with van der Waals surface area (Å²) in [6.45, 7) is 0. The topological polar surface area (TPSA) is 84.0 Å². The van der Waals surface area contributed by atoms with Crippen LogP contribution >= 0.6 is 45.9 Å². The van der Waals surface area contributed by atoms with E-state index in [1.807, 2.05) is 71.4 Å². The summed E-state index contributed by atoms with van der Waals surface area (Å²) in [6.07, 6.45) is 17.1. The molecule has 4 aromatic rings. The maximum Gasteiger partial charge on any atom is 0.187 e. The molecule has 0 spiro atoms. The molecule has 11 heteroatoms. The van der Waals surface area contributed by atoms with Crippen LogP contribution in [0.1, 0.15) is 0 Å². The van der Waals surface area contributed by atoms with Gasteiger partial charge in [-0.1, -0.05) is 71.8 Å². The van der Waals surface area contributed by atoms with Crippen molar-refractivity contribution < 1.29 is 26.7 Å². The summed E-state index contributed by atoms with van der Waals surface area (Å²) in [5.41, 5.74) is 4.99. The third-order valence-electron chi connectivity index (χ3n) is 5.83. The average Bonchev–Trinajstić information content (AvgIpc) is 3.68. The van der Waals surface area contributed by atoms with Gasteiger partial charge in [-0.25, -0.2) is 9.97 Å². The number of carbonyl (C=O) groups is 2. The molecule has 2 heterocycles. The van der Waals surface area contributed by atoms with Crippen LogP contribution in [0.3, 0.4) is 0 Å². The van der Waals surface area contributed by atoms with E-state index in [1.54, 1.807) is 36.7 Å². The van der Waals surface area contributed by atoms with Crippen LogP contribution in [0, 0.1) is 0 Å². The van der Waals surface area contributed by atoms with Crippen LogP contribution in [0.5, 0.6) is 0 Å². The van der Waals surface area contributed by atoms with Crippen molar-refractivity contribution >= 4 is 67.7 Å². The summed E-state index contributed by atoms with van der Waals surface area (Å²) in [6, 6.07) is 15.1. The molecule has 0 bridgehead atoms. The van der Waals surface area contributed by atoms with Crippen molar-refractivity contribution in [3.63, 3.8) is 0 Å². The monoisotopic (exact) mass is 691 g/mol. The number of benzene rings is 2. The summed E-state index contributed by atoms with van der Waals surface area (Å²) >= 11 is 14.7. The molecule has 0 fully saturated rings. The quantitative estimate of drug-likeness (QED) is 0.155. The van der Waals surface area contributed by atoms with Gasteiger partial charge in [0.25, 0.3) is 0 Å². The summed E-state index contributed by atoms with van der Waals surface area (Å²) in [5, 5.41) is 12.9. The summed E-state index contributed by atoms with van der Waals surface area (Å²) in [4.78, 5) is 32.2. The fraction of sp³-hybridized carbons (Fsp3) is 0. The van der Waals surface area contributed by atoms with E-state index in [9.17, 15) is 9.59 Å². The molecule has 6 rings (SSSR count). The molecule has 2 aromatic carbocycles. The first-order chi connectivity index (χ1) is 20.4. The molecule has 0 atom stereocenters. The zero-order valence-electron chi connectivity index (χ0n) is 22.1. The SMILES string of the molecule is O=C1C=CC=C/C1=C/Nc1nc(-c2ccc(Cl)cc2)cs1.O=C1C=CC=C/C1=C/Nc1nc(-c2ccc(Cl)cc2)cs1.[Cu]. The zero-order chi connectivity index (χ0) is 29.3. The van der Waals surface area contributed by atoms with Gasteiger partial charge in [0.15, 0.2) is 21.8 Å². The predicted molar refractivity (Wildman–Crippen MR) is 175 cm³/mol. The second kappa shape index (κ2) is 15.6. The van der Waals surface area contributed by atoms with Crippen LogP contribution in [-0.4, -0.2) is 21.5 Å². The number of rotatable bonds is 6. The van der Waals surface area contributed by atoms with Crippen LogP contribution in [0.2, 0.25) is 10.0 Å². The molecule has 1 radical (unpaired) electrons. The number of hydrogen-bond donors (Lipinski definition) is 2. The number of nitrogens with zero attached hydrogens (tertiary/aromatic N) is 2. The first-order valence-corrected chi connectivity index (χ1v) is 15.1. The van der Waals surface area contributed by atoms with E-state index >= 15 is 0 Å². The standard InChI is InChI=1S/2C16H11ClN2OS.Cu/c2*17-13-7-5-11(6-8-13)14-10-21-16(19-14)18-9-12-3-1-2-4-15(12)20;/h2*1-10H,(H,18,19);/b2*12-9-;. The zero-order valence-corrected chi connectivity index (χ0v) is 26.2. The molecular weight excluding hydrogens is 671 g/mol. The molecule has 2 N–H and O–H groups in total. The Balaban J connectivity index is 0.000000192. The summed E-state index contributed by atoms with van der Waals surface area (Å²) in [7, 11) is 0. The molecule has 0 saturated heterocycles. The van der Waals surface area contributed by atoms with Gasteiger partial charge in [0.2, 0.25) is 0 Å². The van der Waals surface area contributed by atoms with Crippen LogP contribution in [0.25, 0.3) is 22.5 Å². The normalized spacial score (nSPS) is 15.3. The summed E-state index contributed by atoms with van der Waals surface area (Å²) in [5.74, 6) is -0.0287. The van der Waals surface area contributed by atoms with Gasteiger partial charge in [-0.3, -0.25) is 9.59 Å². The number of ketones is 2. The van der Waals surface area contributed by atoms with Gasteiger partial charge in [0.05, 0.1) is 11.4 Å². The van der Waals surface area contributed by atoms with Crippen molar-refractivity contribution in [2.75, 3.05) is 10.6 Å². The second-order valence-corrected chi connectivity index (χ2v) is 11.3. The largest absolute Gasteiger partial charge is 0.337 e. The van der Waals surface area contributed by atoms with Crippen molar-refractivity contribution in [3.05, 3.63) is 141 Å². The number of allylic oxidation sites excluding steroid dienone is 10. The van der Waals surface area contributed by atoms with E-state index in [2.05, 4.69) is 20.6 Å². The Hall–Kier alpha value is -3.82. The minimum absolute atomic E-state index is 0. The van der Waals surface area contributed by atoms with Crippen LogP contribution in [0.4, 0.5) is 10.3 Å². The third kappa shape index (κ3) is 9.08. The number of nitrogens with one attached hydrogen (secondary N) is 2. The fourth-order valence-corrected chi connectivity index (χ4v) is 5.30. The first-order valence-electron chi connectivity index (χ1n) is 12.6. The van der Waals surface area contributed by atoms with E-state index < -0.39 is 0 Å². The van der Waals surface area contributed by atoms with E-state index in [-0.39, 0.29) is 28.6 Å². The van der Waals surface area contributed by atoms with E-state index in [4.69, 9.17) is 23.2 Å². The van der Waals surface area contributed by atoms with Crippen LogP contribution in [0.15, 0.2) is 131 Å². The fourth-order valence-electron chi connectivity index (χ4n) is 3.67. The average molecular weight is 693 g/mol. The Labute approximate surface area is 277 Å². The molecule has 0 unspecified atom stereocenters. The Kier molecular flexibility index (Phi) is 11.6. The Bertz CT molecular complexity index is 1650. The number of thiazole rings is 2. The van der Waals surface area contributed by atoms with Gasteiger partial charge >= 0.3 is 0 Å². The van der Waals surface area contributed by atoms with Gasteiger partial charge in [0, 0.05) is 72.5 Å². The molecular formula is C32H22Cl2CuN4O2S2. The van der Waals surface area contributed by atoms with E-state index in [1.165, 1.54) is 34.8 Å². The molecule has 43 heavy (non-hydrogen) atoms. The Morgan fingerprint density at radius 1 is 0.581 bits per heavy atom. The number of halogens is 2. The van der Waals surface area contributed by atoms with Crippen molar-refractivity contribution in [2.24, 2.45) is 0 Å². The summed E-state index contributed by atoms with van der Waals surface area (Å²) < 4.78 is 0. The molecule has 2 aliphatic rings. The molecule has 0 amide bonds. The van der Waals surface area contributed by atoms with Gasteiger partial charge in [-0.05, 0) is 48.6 Å².